The average Bonchev–Trinajstić information content (AvgIpc) is 3.32. The predicted molar refractivity (Wildman–Crippen MR) is 166 cm³/mol. The van der Waals surface area contributed by atoms with Crippen LogP contribution in [0.5, 0.6) is 0 Å². The normalized spacial score (nSPS) is 11.9. The molecule has 1 heterocycles. The van der Waals surface area contributed by atoms with Gasteiger partial charge in [-0.15, -0.1) is 0 Å². The van der Waals surface area contributed by atoms with E-state index in [4.69, 9.17) is 4.74 Å². The van der Waals surface area contributed by atoms with Gasteiger partial charge in [-0.1, -0.05) is 66.7 Å². The fourth-order valence-corrected chi connectivity index (χ4v) is 8.50. The first-order valence-corrected chi connectivity index (χ1v) is 16.6. The zero-order valence-electron chi connectivity index (χ0n) is 21.8. The monoisotopic (exact) mass is 700 g/mol. The van der Waals surface area contributed by atoms with Crippen LogP contribution in [-0.4, -0.2) is 33.4 Å². The molecule has 0 amide bonds. The van der Waals surface area contributed by atoms with Crippen molar-refractivity contribution in [3.05, 3.63) is 124 Å². The second-order valence-electron chi connectivity index (χ2n) is 8.92. The van der Waals surface area contributed by atoms with Crippen LogP contribution in [0, 0.1) is 3.57 Å². The number of nitrogens with zero attached hydrogens (tertiary/aromatic N) is 2. The minimum absolute atomic E-state index is 0.0100. The second kappa shape index (κ2) is 11.7. The highest BCUT2D eigenvalue weighted by molar-refractivity contribution is 14.1. The number of anilines is 1. The summed E-state index contributed by atoms with van der Waals surface area (Å²) in [7, 11) is -8.51. The van der Waals surface area contributed by atoms with Gasteiger partial charge in [0.05, 0.1) is 45.4 Å². The molecule has 4 aromatic carbocycles. The summed E-state index contributed by atoms with van der Waals surface area (Å²) in [6.07, 6.45) is 0. The van der Waals surface area contributed by atoms with E-state index in [1.54, 1.807) is 91.9 Å². The minimum Gasteiger partial charge on any atom is -0.462 e. The van der Waals surface area contributed by atoms with Gasteiger partial charge in [-0.3, -0.25) is 4.31 Å². The maximum atomic E-state index is 14.2. The number of fused-ring (bicyclic) bond motifs is 1. The van der Waals surface area contributed by atoms with Gasteiger partial charge in [0.1, 0.15) is 0 Å². The number of halogens is 1. The summed E-state index contributed by atoms with van der Waals surface area (Å²) in [5.74, 6) is -0.750. The van der Waals surface area contributed by atoms with Crippen molar-refractivity contribution in [3.63, 3.8) is 0 Å². The molecule has 0 atom stereocenters. The molecule has 41 heavy (non-hydrogen) atoms. The van der Waals surface area contributed by atoms with E-state index < -0.39 is 32.6 Å². The Morgan fingerprint density at radius 3 is 1.98 bits per heavy atom. The summed E-state index contributed by atoms with van der Waals surface area (Å²) in [5, 5.41) is 0.334. The maximum Gasteiger partial charge on any atom is 0.340 e. The van der Waals surface area contributed by atoms with E-state index in [1.807, 2.05) is 22.6 Å². The molecule has 0 saturated heterocycles. The largest absolute Gasteiger partial charge is 0.462 e. The summed E-state index contributed by atoms with van der Waals surface area (Å²) in [5.41, 5.74) is 0.517. The number of para-hydroxylation sites is 2. The van der Waals surface area contributed by atoms with Gasteiger partial charge in [-0.25, -0.2) is 25.6 Å². The van der Waals surface area contributed by atoms with Crippen molar-refractivity contribution in [2.75, 3.05) is 10.9 Å². The first-order valence-electron chi connectivity index (χ1n) is 12.6. The third-order valence-corrected chi connectivity index (χ3v) is 10.9. The van der Waals surface area contributed by atoms with Gasteiger partial charge in [0, 0.05) is 8.96 Å². The van der Waals surface area contributed by atoms with E-state index in [0.29, 0.717) is 14.6 Å². The lowest BCUT2D eigenvalue weighted by Crippen LogP contribution is -2.33. The molecule has 0 aliphatic heterocycles. The Bertz CT molecular complexity index is 1940. The highest BCUT2D eigenvalue weighted by Crippen LogP contribution is 2.36. The van der Waals surface area contributed by atoms with Crippen molar-refractivity contribution in [2.24, 2.45) is 0 Å². The van der Waals surface area contributed by atoms with Crippen molar-refractivity contribution >= 4 is 65.2 Å². The molecule has 0 aliphatic rings. The SMILES string of the molecule is CCOC(=O)c1c(CN(c2ccccc2I)S(=O)(=O)c2ccccc2)n(S(=O)(=O)c2ccccc2)c2ccccc12. The molecule has 0 N–H and O–H groups in total. The number of sulfonamides is 1. The molecule has 8 nitrogen and oxygen atoms in total. The van der Waals surface area contributed by atoms with Crippen molar-refractivity contribution in [1.82, 2.24) is 3.97 Å². The van der Waals surface area contributed by atoms with Crippen LogP contribution in [0.3, 0.4) is 0 Å². The van der Waals surface area contributed by atoms with Gasteiger partial charge in [0.2, 0.25) is 0 Å². The van der Waals surface area contributed by atoms with Crippen LogP contribution in [0.4, 0.5) is 5.69 Å². The molecule has 11 heteroatoms. The van der Waals surface area contributed by atoms with E-state index >= 15 is 0 Å². The Morgan fingerprint density at radius 1 is 0.780 bits per heavy atom. The van der Waals surface area contributed by atoms with E-state index in [9.17, 15) is 21.6 Å². The number of hydrogen-bond donors (Lipinski definition) is 0. The standard InChI is InChI=1S/C30H25IN2O6S2/c1-2-39-30(34)29-24-17-9-11-19-26(24)33(41(37,38)23-15-7-4-8-16-23)28(29)21-32(27-20-12-10-18-25(27)31)40(35,36)22-13-5-3-6-14-22/h3-20H,2,21H2,1H3. The van der Waals surface area contributed by atoms with Crippen molar-refractivity contribution in [2.45, 2.75) is 23.3 Å². The summed E-state index contributed by atoms with van der Waals surface area (Å²) in [6.45, 7) is 1.23. The average molecular weight is 701 g/mol. The lowest BCUT2D eigenvalue weighted by Gasteiger charge is -2.27. The fraction of sp³-hybridized carbons (Fsp3) is 0.100. The molecular formula is C30H25IN2O6S2. The number of ether oxygens (including phenoxy) is 1. The Balaban J connectivity index is 1.86. The Labute approximate surface area is 252 Å². The van der Waals surface area contributed by atoms with Gasteiger partial charge in [0.15, 0.2) is 0 Å². The number of benzene rings is 4. The summed E-state index contributed by atoms with van der Waals surface area (Å²) < 4.78 is 65.0. The Morgan fingerprint density at radius 2 is 1.34 bits per heavy atom. The second-order valence-corrected chi connectivity index (χ2v) is 13.7. The van der Waals surface area contributed by atoms with E-state index in [1.165, 1.54) is 24.3 Å². The third-order valence-electron chi connectivity index (χ3n) is 6.43. The van der Waals surface area contributed by atoms with Gasteiger partial charge in [-0.2, -0.15) is 0 Å². The molecule has 1 aromatic heterocycles. The van der Waals surface area contributed by atoms with Crippen LogP contribution in [-0.2, 0) is 31.3 Å². The fourth-order valence-electron chi connectivity index (χ4n) is 4.62. The molecule has 5 aromatic rings. The molecule has 210 valence electrons. The number of carbonyl (C=O) groups is 1. The first kappa shape index (κ1) is 28.8. The van der Waals surface area contributed by atoms with Gasteiger partial charge in [0.25, 0.3) is 20.0 Å². The molecule has 0 bridgehead atoms. The quantitative estimate of drug-likeness (QED) is 0.137. The smallest absolute Gasteiger partial charge is 0.340 e. The van der Waals surface area contributed by atoms with E-state index in [2.05, 4.69) is 0 Å². The molecule has 0 radical (unpaired) electrons. The lowest BCUT2D eigenvalue weighted by atomic mass is 10.1. The number of aromatic nitrogens is 1. The summed E-state index contributed by atoms with van der Waals surface area (Å²) in [4.78, 5) is 13.5. The van der Waals surface area contributed by atoms with E-state index in [0.717, 1.165) is 8.28 Å². The van der Waals surface area contributed by atoms with Crippen LogP contribution in [0.15, 0.2) is 119 Å². The number of hydrogen-bond acceptors (Lipinski definition) is 6. The van der Waals surface area contributed by atoms with Crippen LogP contribution in [0.1, 0.15) is 23.0 Å². The zero-order chi connectivity index (χ0) is 29.2. The topological polar surface area (TPSA) is 103 Å². The predicted octanol–water partition coefficient (Wildman–Crippen LogP) is 6.06. The number of rotatable bonds is 9. The molecule has 5 rings (SSSR count). The van der Waals surface area contributed by atoms with Crippen LogP contribution in [0.25, 0.3) is 10.9 Å². The molecular weight excluding hydrogens is 675 g/mol. The molecule has 0 aliphatic carbocycles. The van der Waals surface area contributed by atoms with Gasteiger partial charge < -0.3 is 4.74 Å². The molecule has 0 unspecified atom stereocenters. The molecule has 0 fully saturated rings. The number of carbonyl (C=O) groups excluding carboxylic acids is 1. The number of esters is 1. The Hall–Kier alpha value is -3.68. The highest BCUT2D eigenvalue weighted by atomic mass is 127. The Kier molecular flexibility index (Phi) is 8.20. The highest BCUT2D eigenvalue weighted by Gasteiger charge is 2.35. The minimum atomic E-state index is -4.29. The van der Waals surface area contributed by atoms with Crippen molar-refractivity contribution in [1.29, 1.82) is 0 Å². The maximum absolute atomic E-state index is 14.2. The lowest BCUT2D eigenvalue weighted by molar-refractivity contribution is 0.0527. The van der Waals surface area contributed by atoms with Gasteiger partial charge in [-0.05, 0) is 72.0 Å². The first-order chi connectivity index (χ1) is 19.7. The third kappa shape index (κ3) is 5.36. The molecule has 0 saturated carbocycles. The van der Waals surface area contributed by atoms with Crippen molar-refractivity contribution in [3.8, 4) is 0 Å². The van der Waals surface area contributed by atoms with Crippen LogP contribution in [0.2, 0.25) is 0 Å². The van der Waals surface area contributed by atoms with Crippen LogP contribution >= 0.6 is 22.6 Å². The van der Waals surface area contributed by atoms with Gasteiger partial charge >= 0.3 is 5.97 Å². The summed E-state index contributed by atoms with van der Waals surface area (Å²) in [6, 6.07) is 29.1. The van der Waals surface area contributed by atoms with E-state index in [-0.39, 0.29) is 33.2 Å². The van der Waals surface area contributed by atoms with Crippen molar-refractivity contribution < 1.29 is 26.4 Å². The summed E-state index contributed by atoms with van der Waals surface area (Å²) >= 11 is 2.04. The zero-order valence-corrected chi connectivity index (χ0v) is 25.6. The molecule has 0 spiro atoms. The van der Waals surface area contributed by atoms with Crippen LogP contribution < -0.4 is 4.31 Å².